The molecule has 0 spiro atoms. The summed E-state index contributed by atoms with van der Waals surface area (Å²) in [4.78, 5) is 30.4. The van der Waals surface area contributed by atoms with E-state index < -0.39 is 17.6 Å². The molecular formula is C25H20F3N5O2. The highest BCUT2D eigenvalue weighted by Gasteiger charge is 2.32. The second-order valence-electron chi connectivity index (χ2n) is 8.45. The van der Waals surface area contributed by atoms with Gasteiger partial charge in [0.2, 0.25) is 0 Å². The van der Waals surface area contributed by atoms with Crippen molar-refractivity contribution >= 4 is 16.9 Å². The molecule has 4 aromatic rings. The number of para-hydroxylation sites is 2. The summed E-state index contributed by atoms with van der Waals surface area (Å²) in [6, 6.07) is 15.3. The predicted molar refractivity (Wildman–Crippen MR) is 122 cm³/mol. The highest BCUT2D eigenvalue weighted by Crippen LogP contribution is 2.32. The topological polar surface area (TPSA) is 86.8 Å². The van der Waals surface area contributed by atoms with Crippen LogP contribution in [0.5, 0.6) is 0 Å². The van der Waals surface area contributed by atoms with Crippen molar-refractivity contribution in [3.05, 3.63) is 88.1 Å². The zero-order valence-electron chi connectivity index (χ0n) is 18.4. The number of carbonyl (C=O) groups excluding carboxylic acids is 1. The van der Waals surface area contributed by atoms with Gasteiger partial charge in [0.05, 0.1) is 22.2 Å². The zero-order chi connectivity index (χ0) is 24.7. The summed E-state index contributed by atoms with van der Waals surface area (Å²) in [5.74, 6) is -0.436. The Hall–Kier alpha value is -4.26. The molecule has 1 aliphatic heterocycles. The number of hydrogen-bond acceptors (Lipinski definition) is 3. The molecule has 0 atom stereocenters. The van der Waals surface area contributed by atoms with Gasteiger partial charge in [-0.15, -0.1) is 0 Å². The SMILES string of the molecule is N#Cc1ccn(-c2cccc(C(F)(F)F)c2)c1C(=O)N1CCC(n2c(=O)[nH]c3ccccc32)CC1. The van der Waals surface area contributed by atoms with E-state index in [4.69, 9.17) is 0 Å². The van der Waals surface area contributed by atoms with Crippen molar-refractivity contribution in [1.29, 1.82) is 5.26 Å². The number of benzene rings is 2. The van der Waals surface area contributed by atoms with Crippen molar-refractivity contribution < 1.29 is 18.0 Å². The maximum absolute atomic E-state index is 13.4. The number of rotatable bonds is 3. The van der Waals surface area contributed by atoms with Crippen LogP contribution in [0.2, 0.25) is 0 Å². The molecule has 1 N–H and O–H groups in total. The van der Waals surface area contributed by atoms with E-state index in [2.05, 4.69) is 4.98 Å². The van der Waals surface area contributed by atoms with Gasteiger partial charge in [-0.1, -0.05) is 18.2 Å². The molecular weight excluding hydrogens is 459 g/mol. The Morgan fingerprint density at radius 3 is 2.51 bits per heavy atom. The maximum atomic E-state index is 13.4. The van der Waals surface area contributed by atoms with Crippen molar-refractivity contribution in [2.45, 2.75) is 25.1 Å². The second-order valence-corrected chi connectivity index (χ2v) is 8.45. The van der Waals surface area contributed by atoms with Gasteiger partial charge < -0.3 is 14.5 Å². The first-order chi connectivity index (χ1) is 16.8. The van der Waals surface area contributed by atoms with Gasteiger partial charge >= 0.3 is 11.9 Å². The number of alkyl halides is 3. The molecule has 1 amide bonds. The minimum Gasteiger partial charge on any atom is -0.337 e. The lowest BCUT2D eigenvalue weighted by Crippen LogP contribution is -2.41. The smallest absolute Gasteiger partial charge is 0.337 e. The number of carbonyl (C=O) groups is 1. The van der Waals surface area contributed by atoms with Gasteiger partial charge in [0.1, 0.15) is 11.8 Å². The van der Waals surface area contributed by atoms with E-state index in [9.17, 15) is 28.0 Å². The fourth-order valence-electron chi connectivity index (χ4n) is 4.70. The fraction of sp³-hybridized carbons (Fsp3) is 0.240. The number of H-pyrrole nitrogens is 1. The second kappa shape index (κ2) is 8.51. The summed E-state index contributed by atoms with van der Waals surface area (Å²) in [7, 11) is 0. The first-order valence-corrected chi connectivity index (χ1v) is 11.1. The van der Waals surface area contributed by atoms with E-state index in [0.29, 0.717) is 25.9 Å². The number of aromatic nitrogens is 3. The largest absolute Gasteiger partial charge is 0.416 e. The molecule has 35 heavy (non-hydrogen) atoms. The Kier molecular flexibility index (Phi) is 5.47. The van der Waals surface area contributed by atoms with Crippen LogP contribution in [0.3, 0.4) is 0 Å². The summed E-state index contributed by atoms with van der Waals surface area (Å²) in [5, 5.41) is 9.55. The van der Waals surface area contributed by atoms with Crippen LogP contribution >= 0.6 is 0 Å². The number of fused-ring (bicyclic) bond motifs is 1. The Morgan fingerprint density at radius 1 is 1.06 bits per heavy atom. The first kappa shape index (κ1) is 22.5. The summed E-state index contributed by atoms with van der Waals surface area (Å²) < 4.78 is 42.7. The third kappa shape index (κ3) is 3.99. The molecule has 1 saturated heterocycles. The molecule has 178 valence electrons. The number of halogens is 3. The molecule has 0 bridgehead atoms. The normalized spacial score (nSPS) is 14.9. The Balaban J connectivity index is 1.41. The molecule has 1 fully saturated rings. The van der Waals surface area contributed by atoms with Gasteiger partial charge in [-0.25, -0.2) is 4.79 Å². The molecule has 0 radical (unpaired) electrons. The minimum absolute atomic E-state index is 0.0227. The summed E-state index contributed by atoms with van der Waals surface area (Å²) >= 11 is 0. The molecule has 2 aromatic heterocycles. The highest BCUT2D eigenvalue weighted by molar-refractivity contribution is 5.96. The van der Waals surface area contributed by atoms with Crippen molar-refractivity contribution in [2.24, 2.45) is 0 Å². The van der Waals surface area contributed by atoms with Crippen LogP contribution in [0.4, 0.5) is 13.2 Å². The summed E-state index contributed by atoms with van der Waals surface area (Å²) in [6.45, 7) is 0.683. The van der Waals surface area contributed by atoms with Crippen LogP contribution in [-0.4, -0.2) is 38.0 Å². The van der Waals surface area contributed by atoms with Gasteiger partial charge in [-0.05, 0) is 49.2 Å². The molecule has 10 heteroatoms. The van der Waals surface area contributed by atoms with Gasteiger partial charge in [0, 0.05) is 31.0 Å². The monoisotopic (exact) mass is 479 g/mol. The standard InChI is InChI=1S/C25H20F3N5O2/c26-25(27,28)17-4-3-5-19(14-17)32-13-8-16(15-29)22(32)23(34)31-11-9-18(10-12-31)33-21-7-2-1-6-20(21)30-24(33)35/h1-8,13-14,18H,9-12H2,(H,30,35). The van der Waals surface area contributed by atoms with Crippen LogP contribution in [-0.2, 0) is 6.18 Å². The number of imidazole rings is 1. The van der Waals surface area contributed by atoms with Crippen LogP contribution in [0, 0.1) is 11.3 Å². The lowest BCUT2D eigenvalue weighted by Gasteiger charge is -2.33. The van der Waals surface area contributed by atoms with E-state index in [-0.39, 0.29) is 28.7 Å². The Bertz CT molecular complexity index is 1510. The lowest BCUT2D eigenvalue weighted by atomic mass is 10.0. The quantitative estimate of drug-likeness (QED) is 0.470. The van der Waals surface area contributed by atoms with Crippen molar-refractivity contribution in [1.82, 2.24) is 19.0 Å². The highest BCUT2D eigenvalue weighted by atomic mass is 19.4. The minimum atomic E-state index is -4.53. The van der Waals surface area contributed by atoms with Crippen LogP contribution in [0.25, 0.3) is 16.7 Å². The van der Waals surface area contributed by atoms with Gasteiger partial charge in [-0.3, -0.25) is 9.36 Å². The number of amides is 1. The molecule has 0 unspecified atom stereocenters. The molecule has 0 aliphatic carbocycles. The predicted octanol–water partition coefficient (Wildman–Crippen LogP) is 4.49. The van der Waals surface area contributed by atoms with Crippen LogP contribution in [0.15, 0.2) is 65.6 Å². The van der Waals surface area contributed by atoms with Gasteiger partial charge in [-0.2, -0.15) is 18.4 Å². The number of nitrogens with zero attached hydrogens (tertiary/aromatic N) is 4. The van der Waals surface area contributed by atoms with E-state index in [1.807, 2.05) is 30.3 Å². The lowest BCUT2D eigenvalue weighted by molar-refractivity contribution is -0.137. The molecule has 1 aliphatic rings. The number of hydrogen-bond donors (Lipinski definition) is 1. The molecule has 0 saturated carbocycles. The summed E-state index contributed by atoms with van der Waals surface area (Å²) in [6.07, 6.45) is -2.05. The van der Waals surface area contributed by atoms with Gasteiger partial charge in [0.25, 0.3) is 5.91 Å². The fourth-order valence-corrected chi connectivity index (χ4v) is 4.70. The van der Waals surface area contributed by atoms with E-state index in [0.717, 1.165) is 23.2 Å². The number of nitrogens with one attached hydrogen (secondary N) is 1. The van der Waals surface area contributed by atoms with Crippen LogP contribution in [0.1, 0.15) is 40.5 Å². The average Bonchev–Trinajstić information content (AvgIpc) is 3.43. The molecule has 2 aromatic carbocycles. The summed E-state index contributed by atoms with van der Waals surface area (Å²) in [5.41, 5.74) is 0.745. The number of likely N-dealkylation sites (tertiary alicyclic amines) is 1. The first-order valence-electron chi connectivity index (χ1n) is 11.1. The zero-order valence-corrected chi connectivity index (χ0v) is 18.4. The molecule has 5 rings (SSSR count). The number of aromatic amines is 1. The van der Waals surface area contributed by atoms with Crippen molar-refractivity contribution in [3.63, 3.8) is 0 Å². The Labute approximate surface area is 197 Å². The van der Waals surface area contributed by atoms with Gasteiger partial charge in [0.15, 0.2) is 0 Å². The maximum Gasteiger partial charge on any atom is 0.416 e. The third-order valence-electron chi connectivity index (χ3n) is 6.40. The average molecular weight is 479 g/mol. The van der Waals surface area contributed by atoms with Crippen molar-refractivity contribution in [2.75, 3.05) is 13.1 Å². The number of piperidine rings is 1. The van der Waals surface area contributed by atoms with E-state index in [1.165, 1.54) is 29.0 Å². The Morgan fingerprint density at radius 2 is 1.80 bits per heavy atom. The van der Waals surface area contributed by atoms with E-state index in [1.54, 1.807) is 9.47 Å². The van der Waals surface area contributed by atoms with E-state index >= 15 is 0 Å². The molecule has 3 heterocycles. The molecule has 7 nitrogen and oxygen atoms in total. The third-order valence-corrected chi connectivity index (χ3v) is 6.40. The number of nitriles is 1. The van der Waals surface area contributed by atoms with Crippen molar-refractivity contribution in [3.8, 4) is 11.8 Å². The van der Waals surface area contributed by atoms with Crippen LogP contribution < -0.4 is 5.69 Å².